The lowest BCUT2D eigenvalue weighted by Gasteiger charge is -2.26. The first-order valence-corrected chi connectivity index (χ1v) is 8.98. The second kappa shape index (κ2) is 7.36. The van der Waals surface area contributed by atoms with Crippen LogP contribution in [0.15, 0.2) is 42.5 Å². The molecule has 1 aliphatic rings. The Hall–Kier alpha value is -1.85. The van der Waals surface area contributed by atoms with E-state index in [0.29, 0.717) is 28.6 Å². The SMILES string of the molecule is COc1cccc(C2SCCN2C(=O)c2ccccc2Cl)c1OC. The van der Waals surface area contributed by atoms with Crippen molar-refractivity contribution in [2.45, 2.75) is 5.37 Å². The van der Waals surface area contributed by atoms with Crippen LogP contribution in [0.2, 0.25) is 5.02 Å². The van der Waals surface area contributed by atoms with Crippen molar-refractivity contribution in [3.63, 3.8) is 0 Å². The lowest BCUT2D eigenvalue weighted by atomic mass is 10.1. The van der Waals surface area contributed by atoms with Crippen LogP contribution in [0.4, 0.5) is 0 Å². The minimum Gasteiger partial charge on any atom is -0.493 e. The van der Waals surface area contributed by atoms with Gasteiger partial charge in [-0.05, 0) is 18.2 Å². The van der Waals surface area contributed by atoms with Gasteiger partial charge in [-0.25, -0.2) is 0 Å². The summed E-state index contributed by atoms with van der Waals surface area (Å²) < 4.78 is 10.9. The Morgan fingerprint density at radius 1 is 1.17 bits per heavy atom. The molecule has 1 unspecified atom stereocenters. The maximum absolute atomic E-state index is 13.0. The zero-order chi connectivity index (χ0) is 17.1. The van der Waals surface area contributed by atoms with E-state index < -0.39 is 0 Å². The average molecular weight is 364 g/mol. The topological polar surface area (TPSA) is 38.8 Å². The molecule has 1 saturated heterocycles. The molecule has 0 radical (unpaired) electrons. The van der Waals surface area contributed by atoms with Gasteiger partial charge in [0.25, 0.3) is 5.91 Å². The second-order valence-corrected chi connectivity index (χ2v) is 6.88. The fraction of sp³-hybridized carbons (Fsp3) is 0.278. The van der Waals surface area contributed by atoms with Crippen LogP contribution in [0.3, 0.4) is 0 Å². The molecule has 24 heavy (non-hydrogen) atoms. The highest BCUT2D eigenvalue weighted by Crippen LogP contribution is 2.45. The lowest BCUT2D eigenvalue weighted by Crippen LogP contribution is -2.30. The Morgan fingerprint density at radius 2 is 1.96 bits per heavy atom. The van der Waals surface area contributed by atoms with Crippen LogP contribution in [-0.4, -0.2) is 37.3 Å². The van der Waals surface area contributed by atoms with Crippen molar-refractivity contribution in [2.24, 2.45) is 0 Å². The van der Waals surface area contributed by atoms with Gasteiger partial charge in [0, 0.05) is 17.9 Å². The predicted molar refractivity (Wildman–Crippen MR) is 97.2 cm³/mol. The van der Waals surface area contributed by atoms with Gasteiger partial charge in [0.2, 0.25) is 0 Å². The number of benzene rings is 2. The number of hydrogen-bond acceptors (Lipinski definition) is 4. The Kier molecular flexibility index (Phi) is 5.21. The van der Waals surface area contributed by atoms with Crippen molar-refractivity contribution in [1.82, 2.24) is 4.90 Å². The molecule has 0 aromatic heterocycles. The third-order valence-corrected chi connectivity index (χ3v) is 5.53. The summed E-state index contributed by atoms with van der Waals surface area (Å²) in [6.45, 7) is 0.666. The summed E-state index contributed by atoms with van der Waals surface area (Å²) in [4.78, 5) is 14.8. The molecule has 3 rings (SSSR count). The number of ether oxygens (including phenoxy) is 2. The number of nitrogens with zero attached hydrogens (tertiary/aromatic N) is 1. The number of halogens is 1. The highest BCUT2D eigenvalue weighted by atomic mass is 35.5. The van der Waals surface area contributed by atoms with Gasteiger partial charge in [-0.15, -0.1) is 11.8 Å². The molecular weight excluding hydrogens is 346 g/mol. The number of carbonyl (C=O) groups excluding carboxylic acids is 1. The Bertz CT molecular complexity index is 753. The number of methoxy groups -OCH3 is 2. The zero-order valence-electron chi connectivity index (χ0n) is 13.5. The van der Waals surface area contributed by atoms with Crippen LogP contribution in [-0.2, 0) is 0 Å². The van der Waals surface area contributed by atoms with Crippen LogP contribution >= 0.6 is 23.4 Å². The predicted octanol–water partition coefficient (Wildman–Crippen LogP) is 4.25. The van der Waals surface area contributed by atoms with E-state index in [1.165, 1.54) is 0 Å². The summed E-state index contributed by atoms with van der Waals surface area (Å²) in [5, 5.41) is 0.342. The molecule has 2 aromatic carbocycles. The van der Waals surface area contributed by atoms with Crippen molar-refractivity contribution < 1.29 is 14.3 Å². The second-order valence-electron chi connectivity index (χ2n) is 5.28. The van der Waals surface area contributed by atoms with Crippen molar-refractivity contribution in [3.05, 3.63) is 58.6 Å². The van der Waals surface area contributed by atoms with Crippen molar-refractivity contribution >= 4 is 29.3 Å². The third kappa shape index (κ3) is 3.06. The first kappa shape index (κ1) is 17.0. The van der Waals surface area contributed by atoms with Crippen LogP contribution in [0.1, 0.15) is 21.3 Å². The van der Waals surface area contributed by atoms with E-state index in [4.69, 9.17) is 21.1 Å². The third-order valence-electron chi connectivity index (χ3n) is 3.96. The van der Waals surface area contributed by atoms with E-state index in [9.17, 15) is 4.79 Å². The summed E-state index contributed by atoms with van der Waals surface area (Å²) >= 11 is 7.91. The van der Waals surface area contributed by atoms with E-state index in [-0.39, 0.29) is 11.3 Å². The Labute approximate surface area is 150 Å². The summed E-state index contributed by atoms with van der Waals surface area (Å²) in [6, 6.07) is 12.9. The maximum Gasteiger partial charge on any atom is 0.256 e. The van der Waals surface area contributed by atoms with Crippen LogP contribution in [0.5, 0.6) is 11.5 Å². The van der Waals surface area contributed by atoms with Gasteiger partial charge >= 0.3 is 0 Å². The fourth-order valence-corrected chi connectivity index (χ4v) is 4.32. The summed E-state index contributed by atoms with van der Waals surface area (Å²) in [7, 11) is 3.22. The Balaban J connectivity index is 1.97. The normalized spacial score (nSPS) is 17.0. The van der Waals surface area contributed by atoms with Crippen molar-refractivity contribution in [2.75, 3.05) is 26.5 Å². The molecule has 0 bridgehead atoms. The summed E-state index contributed by atoms with van der Waals surface area (Å²) in [6.07, 6.45) is 0. The largest absolute Gasteiger partial charge is 0.493 e. The highest BCUT2D eigenvalue weighted by molar-refractivity contribution is 7.99. The molecule has 0 N–H and O–H groups in total. The molecule has 1 heterocycles. The molecule has 1 atom stereocenters. The first-order chi connectivity index (χ1) is 11.7. The molecular formula is C18H18ClNO3S. The smallest absolute Gasteiger partial charge is 0.256 e. The molecule has 1 aliphatic heterocycles. The van der Waals surface area contributed by atoms with E-state index in [1.807, 2.05) is 35.2 Å². The number of thioether (sulfide) groups is 1. The van der Waals surface area contributed by atoms with Crippen LogP contribution in [0.25, 0.3) is 0 Å². The number of rotatable bonds is 4. The molecule has 6 heteroatoms. The van der Waals surface area contributed by atoms with Gasteiger partial charge < -0.3 is 14.4 Å². The van der Waals surface area contributed by atoms with E-state index in [1.54, 1.807) is 38.1 Å². The van der Waals surface area contributed by atoms with Crippen LogP contribution in [0, 0.1) is 0 Å². The number of hydrogen-bond donors (Lipinski definition) is 0. The molecule has 1 amide bonds. The highest BCUT2D eigenvalue weighted by Gasteiger charge is 2.34. The van der Waals surface area contributed by atoms with Gasteiger partial charge in [-0.2, -0.15) is 0 Å². The zero-order valence-corrected chi connectivity index (χ0v) is 15.1. The molecule has 0 spiro atoms. The van der Waals surface area contributed by atoms with Gasteiger partial charge in [-0.3, -0.25) is 4.79 Å². The molecule has 0 aliphatic carbocycles. The van der Waals surface area contributed by atoms with Gasteiger partial charge in [0.05, 0.1) is 24.8 Å². The number of amides is 1. The maximum atomic E-state index is 13.0. The monoisotopic (exact) mass is 363 g/mol. The molecule has 2 aromatic rings. The standard InChI is InChI=1S/C18H18ClNO3S/c1-22-15-9-5-7-13(16(15)23-2)18-20(10-11-24-18)17(21)12-6-3-4-8-14(12)19/h3-9,18H,10-11H2,1-2H3. The summed E-state index contributed by atoms with van der Waals surface area (Å²) in [5.74, 6) is 2.12. The number of para-hydroxylation sites is 1. The molecule has 0 saturated carbocycles. The quantitative estimate of drug-likeness (QED) is 0.814. The molecule has 126 valence electrons. The van der Waals surface area contributed by atoms with Crippen LogP contribution < -0.4 is 9.47 Å². The molecule has 4 nitrogen and oxygen atoms in total. The molecule has 1 fully saturated rings. The van der Waals surface area contributed by atoms with Gasteiger partial charge in [-0.1, -0.05) is 35.9 Å². The van der Waals surface area contributed by atoms with Crippen molar-refractivity contribution in [1.29, 1.82) is 0 Å². The first-order valence-electron chi connectivity index (χ1n) is 7.55. The van der Waals surface area contributed by atoms with E-state index >= 15 is 0 Å². The minimum absolute atomic E-state index is 0.0690. The lowest BCUT2D eigenvalue weighted by molar-refractivity contribution is 0.0759. The average Bonchev–Trinajstić information content (AvgIpc) is 3.10. The van der Waals surface area contributed by atoms with Crippen molar-refractivity contribution in [3.8, 4) is 11.5 Å². The summed E-state index contributed by atoms with van der Waals surface area (Å²) in [5.41, 5.74) is 1.45. The fourth-order valence-electron chi connectivity index (χ4n) is 2.83. The van der Waals surface area contributed by atoms with E-state index in [0.717, 1.165) is 11.3 Å². The minimum atomic E-state index is -0.126. The van der Waals surface area contributed by atoms with Gasteiger partial charge in [0.1, 0.15) is 5.37 Å². The van der Waals surface area contributed by atoms with Gasteiger partial charge in [0.15, 0.2) is 11.5 Å². The Morgan fingerprint density at radius 3 is 2.67 bits per heavy atom. The van der Waals surface area contributed by atoms with E-state index in [2.05, 4.69) is 0 Å². The number of carbonyl (C=O) groups is 1.